The second kappa shape index (κ2) is 17.2. The Labute approximate surface area is 278 Å². The molecule has 0 bridgehead atoms. The highest BCUT2D eigenvalue weighted by molar-refractivity contribution is 5.73. The zero-order chi connectivity index (χ0) is 36.3. The van der Waals surface area contributed by atoms with Gasteiger partial charge in [-0.3, -0.25) is 9.59 Å². The minimum Gasteiger partial charge on any atom is -0.394 e. The van der Waals surface area contributed by atoms with Crippen LogP contribution in [0, 0.1) is 0 Å². The van der Waals surface area contributed by atoms with Crippen LogP contribution in [0.15, 0.2) is 0 Å². The molecule has 0 aromatic carbocycles. The van der Waals surface area contributed by atoms with Gasteiger partial charge in [0, 0.05) is 13.8 Å². The zero-order valence-corrected chi connectivity index (χ0v) is 26.4. The molecule has 284 valence electrons. The molecule has 4 rings (SSSR count). The highest BCUT2D eigenvalue weighted by atomic mass is 16.8. The van der Waals surface area contributed by atoms with Crippen molar-refractivity contribution in [3.63, 3.8) is 0 Å². The highest BCUT2D eigenvalue weighted by Crippen LogP contribution is 2.34. The Kier molecular flexibility index (Phi) is 14.0. The molecule has 0 aromatic rings. The van der Waals surface area contributed by atoms with Gasteiger partial charge in [0.05, 0.1) is 26.4 Å². The van der Waals surface area contributed by atoms with Crippen molar-refractivity contribution < 1.29 is 98.9 Å². The summed E-state index contributed by atoms with van der Waals surface area (Å²) in [6.07, 6.45) is -28.9. The average molecular weight is 719 g/mol. The molecule has 19 atom stereocenters. The summed E-state index contributed by atoms with van der Waals surface area (Å²) in [5, 5.41) is 119. The van der Waals surface area contributed by atoms with Crippen molar-refractivity contribution in [3.05, 3.63) is 0 Å². The lowest BCUT2D eigenvalue weighted by atomic mass is 9.94. The lowest BCUT2D eigenvalue weighted by molar-refractivity contribution is -0.382. The Bertz CT molecular complexity index is 1090. The summed E-state index contributed by atoms with van der Waals surface area (Å²) in [4.78, 5) is 23.9. The van der Waals surface area contributed by atoms with Crippen molar-refractivity contribution in [2.24, 2.45) is 0 Å². The Morgan fingerprint density at radius 3 is 1.63 bits per heavy atom. The first-order chi connectivity index (χ1) is 23.1. The van der Waals surface area contributed by atoms with Crippen molar-refractivity contribution in [2.45, 2.75) is 130 Å². The topological polar surface area (TPSA) is 345 Å². The second-order valence-corrected chi connectivity index (χ2v) is 12.2. The molecule has 4 heterocycles. The molecule has 4 fully saturated rings. The third-order valence-corrected chi connectivity index (χ3v) is 8.62. The first kappa shape index (κ1) is 40.0. The second-order valence-electron chi connectivity index (χ2n) is 12.2. The highest BCUT2D eigenvalue weighted by Gasteiger charge is 2.55. The van der Waals surface area contributed by atoms with Gasteiger partial charge in [0.25, 0.3) is 0 Å². The van der Waals surface area contributed by atoms with Gasteiger partial charge in [0.15, 0.2) is 25.2 Å². The fourth-order valence-corrected chi connectivity index (χ4v) is 6.05. The molecular weight excluding hydrogens is 672 g/mol. The van der Waals surface area contributed by atoms with E-state index in [-0.39, 0.29) is 0 Å². The van der Waals surface area contributed by atoms with Crippen molar-refractivity contribution in [3.8, 4) is 0 Å². The first-order valence-electron chi connectivity index (χ1n) is 15.5. The van der Waals surface area contributed by atoms with E-state index in [1.54, 1.807) is 0 Å². The molecule has 22 nitrogen and oxygen atoms in total. The molecule has 0 aliphatic carbocycles. The average Bonchev–Trinajstić information content (AvgIpc) is 3.05. The largest absolute Gasteiger partial charge is 0.394 e. The molecule has 0 saturated carbocycles. The van der Waals surface area contributed by atoms with E-state index in [0.717, 1.165) is 13.8 Å². The van der Waals surface area contributed by atoms with Crippen LogP contribution >= 0.6 is 0 Å². The lowest BCUT2D eigenvalue weighted by Crippen LogP contribution is -2.70. The van der Waals surface area contributed by atoms with Crippen LogP contribution in [0.3, 0.4) is 0 Å². The van der Waals surface area contributed by atoms with Crippen LogP contribution in [0.1, 0.15) is 13.8 Å². The van der Waals surface area contributed by atoms with E-state index in [9.17, 15) is 65.8 Å². The molecule has 0 aromatic heterocycles. The van der Waals surface area contributed by atoms with Crippen LogP contribution in [0.2, 0.25) is 0 Å². The third kappa shape index (κ3) is 8.82. The Morgan fingerprint density at radius 2 is 1.06 bits per heavy atom. The molecule has 4 saturated heterocycles. The van der Waals surface area contributed by atoms with E-state index < -0.39 is 155 Å². The van der Waals surface area contributed by atoms with Gasteiger partial charge in [-0.05, 0) is 0 Å². The van der Waals surface area contributed by atoms with E-state index in [1.807, 2.05) is 0 Å². The maximum absolute atomic E-state index is 12.2. The van der Waals surface area contributed by atoms with Crippen LogP contribution in [-0.4, -0.2) is 211 Å². The number of hydrogen-bond donors (Lipinski definition) is 13. The summed E-state index contributed by atoms with van der Waals surface area (Å²) in [6.45, 7) is -0.869. The minimum atomic E-state index is -1.91. The molecule has 2 amide bonds. The first-order valence-corrected chi connectivity index (χ1v) is 15.5. The van der Waals surface area contributed by atoms with Gasteiger partial charge in [0.2, 0.25) is 11.8 Å². The van der Waals surface area contributed by atoms with Gasteiger partial charge in [-0.1, -0.05) is 0 Å². The number of hydrogen-bond acceptors (Lipinski definition) is 20. The fraction of sp³-hybridized carbons (Fsp3) is 0.926. The van der Waals surface area contributed by atoms with E-state index in [0.29, 0.717) is 0 Å². The molecule has 22 heteroatoms. The maximum Gasteiger partial charge on any atom is 0.217 e. The molecule has 0 radical (unpaired) electrons. The van der Waals surface area contributed by atoms with Crippen molar-refractivity contribution in [2.75, 3.05) is 26.4 Å². The van der Waals surface area contributed by atoms with Gasteiger partial charge >= 0.3 is 0 Å². The molecule has 4 aliphatic heterocycles. The smallest absolute Gasteiger partial charge is 0.217 e. The predicted octanol–water partition coefficient (Wildman–Crippen LogP) is -8.82. The van der Waals surface area contributed by atoms with Gasteiger partial charge in [-0.25, -0.2) is 0 Å². The number of carbonyl (C=O) groups is 2. The van der Waals surface area contributed by atoms with Gasteiger partial charge in [-0.15, -0.1) is 0 Å². The van der Waals surface area contributed by atoms with E-state index in [4.69, 9.17) is 33.2 Å². The van der Waals surface area contributed by atoms with Crippen molar-refractivity contribution in [1.29, 1.82) is 0 Å². The minimum absolute atomic E-state index is 0.496. The summed E-state index contributed by atoms with van der Waals surface area (Å²) in [7, 11) is 0. The maximum atomic E-state index is 12.2. The summed E-state index contributed by atoms with van der Waals surface area (Å²) in [5.41, 5.74) is 0. The zero-order valence-electron chi connectivity index (χ0n) is 26.4. The standard InChI is InChI=1S/C27H46N2O20/c1-7(33)28-13-17(38)21(11(4-31)44-24(13)42)47-25-14(29-8(2)34)18(39)22(12(5-32)46-25)48-27-23(19(40)16(37)10(3-30)45-27)49-26-20(41)15(36)9(35)6-43-26/h9-27,30-32,35-42H,3-6H2,1-2H3,(H,28,33)(H,29,34)/t9-,10-,11-,12-,13-,14-,15+,16-,17-,18-,19+,20-,21-,22-,23+,24-,25+,26-,27-/m1/s1. The fourth-order valence-electron chi connectivity index (χ4n) is 6.05. The number of nitrogens with one attached hydrogen (secondary N) is 2. The van der Waals surface area contributed by atoms with Crippen LogP contribution in [-0.2, 0) is 42.7 Å². The van der Waals surface area contributed by atoms with Gasteiger partial charge in [0.1, 0.15) is 91.4 Å². The van der Waals surface area contributed by atoms with Gasteiger partial charge in [-0.2, -0.15) is 0 Å². The van der Waals surface area contributed by atoms with Crippen LogP contribution in [0.5, 0.6) is 0 Å². The summed E-state index contributed by atoms with van der Waals surface area (Å²) in [5.74, 6) is -1.38. The lowest BCUT2D eigenvalue weighted by Gasteiger charge is -2.50. The summed E-state index contributed by atoms with van der Waals surface area (Å²) < 4.78 is 39.4. The van der Waals surface area contributed by atoms with Crippen LogP contribution in [0.25, 0.3) is 0 Å². The molecule has 49 heavy (non-hydrogen) atoms. The third-order valence-electron chi connectivity index (χ3n) is 8.62. The number of carbonyl (C=O) groups excluding carboxylic acids is 2. The molecule has 13 N–H and O–H groups in total. The van der Waals surface area contributed by atoms with E-state index >= 15 is 0 Å². The van der Waals surface area contributed by atoms with E-state index in [1.165, 1.54) is 0 Å². The number of rotatable bonds is 11. The van der Waals surface area contributed by atoms with E-state index in [2.05, 4.69) is 10.6 Å². The van der Waals surface area contributed by atoms with Crippen molar-refractivity contribution >= 4 is 11.8 Å². The number of aliphatic hydroxyl groups is 11. The molecule has 0 spiro atoms. The Morgan fingerprint density at radius 1 is 0.571 bits per heavy atom. The molecule has 4 aliphatic rings. The number of amides is 2. The monoisotopic (exact) mass is 718 g/mol. The quantitative estimate of drug-likeness (QED) is 0.0943. The van der Waals surface area contributed by atoms with Crippen LogP contribution in [0.4, 0.5) is 0 Å². The number of aliphatic hydroxyl groups excluding tert-OH is 11. The van der Waals surface area contributed by atoms with Crippen LogP contribution < -0.4 is 10.6 Å². The molecule has 0 unspecified atom stereocenters. The van der Waals surface area contributed by atoms with Gasteiger partial charge < -0.3 is 100.0 Å². The Hall–Kier alpha value is -1.78. The van der Waals surface area contributed by atoms with Crippen molar-refractivity contribution in [1.82, 2.24) is 10.6 Å². The SMILES string of the molecule is CC(=O)N[C@@H]1[C@@H](O)[C@H](O[C@@H]2O[C@H](CO)[C@@H](O[C@H]3O[C@H](CO)[C@@H](O)[C@H](O)[C@@H]3O[C@H]3OC[C@@H](O)[C@H](O)[C@H]3O)[C@H](O)[C@H]2NC(C)=O)[C@@H](CO)O[C@H]1O. The Balaban J connectivity index is 1.59. The predicted molar refractivity (Wildman–Crippen MR) is 151 cm³/mol. The normalized spacial score (nSPS) is 47.7. The molecular formula is C27H46N2O20. The summed E-state index contributed by atoms with van der Waals surface area (Å²) in [6, 6.07) is -3.02. The number of ether oxygens (including phenoxy) is 7. The summed E-state index contributed by atoms with van der Waals surface area (Å²) >= 11 is 0.